The van der Waals surface area contributed by atoms with Crippen LogP contribution in [0.5, 0.6) is 0 Å². The Kier molecular flexibility index (Phi) is 17.9. The first-order valence-electron chi connectivity index (χ1n) is 10.6. The number of carbonyl (C=O) groups is 1. The third kappa shape index (κ3) is 17.6. The van der Waals surface area contributed by atoms with Crippen LogP contribution in [-0.2, 0) is 4.79 Å². The molecule has 2 heteroatoms. The summed E-state index contributed by atoms with van der Waals surface area (Å²) in [5, 5.41) is 8.81. The lowest BCUT2D eigenvalue weighted by molar-refractivity contribution is -0.141. The number of hydrogen-bond acceptors (Lipinski definition) is 1. The maximum absolute atomic E-state index is 10.7. The van der Waals surface area contributed by atoms with Gasteiger partial charge in [0.1, 0.15) is 0 Å². The van der Waals surface area contributed by atoms with Gasteiger partial charge >= 0.3 is 5.97 Å². The number of aliphatic carboxylic acids is 1. The second-order valence-electron chi connectivity index (χ2n) is 7.32. The molecule has 0 saturated carbocycles. The van der Waals surface area contributed by atoms with Gasteiger partial charge in [-0.25, -0.2) is 0 Å². The van der Waals surface area contributed by atoms with Crippen LogP contribution in [-0.4, -0.2) is 11.1 Å². The van der Waals surface area contributed by atoms with E-state index in [1.807, 2.05) is 0 Å². The van der Waals surface area contributed by atoms with E-state index in [1.165, 1.54) is 89.9 Å². The Hall–Kier alpha value is -0.790. The molecule has 0 heterocycles. The van der Waals surface area contributed by atoms with Gasteiger partial charge in [-0.05, 0) is 32.1 Å². The van der Waals surface area contributed by atoms with E-state index in [0.717, 1.165) is 12.8 Å². The molecule has 0 saturated heterocycles. The fourth-order valence-electron chi connectivity index (χ4n) is 3.00. The first-order valence-corrected chi connectivity index (χ1v) is 10.6. The van der Waals surface area contributed by atoms with Crippen LogP contribution in [0, 0.1) is 5.92 Å². The Morgan fingerprint density at radius 1 is 0.750 bits per heavy atom. The fraction of sp³-hybridized carbons (Fsp3) is 0.864. The molecule has 0 aliphatic rings. The van der Waals surface area contributed by atoms with Crippen LogP contribution in [0.1, 0.15) is 117 Å². The van der Waals surface area contributed by atoms with Crippen molar-refractivity contribution in [1.82, 2.24) is 0 Å². The van der Waals surface area contributed by atoms with Crippen molar-refractivity contribution in [2.24, 2.45) is 5.92 Å². The molecular formula is C22H42O2. The Balaban J connectivity index is 3.15. The van der Waals surface area contributed by atoms with Gasteiger partial charge in [-0.2, -0.15) is 0 Å². The molecule has 1 N–H and O–H groups in total. The normalized spacial score (nSPS) is 12.8. The molecule has 0 amide bonds. The minimum Gasteiger partial charge on any atom is -0.481 e. The lowest BCUT2D eigenvalue weighted by Crippen LogP contribution is -2.08. The average Bonchev–Trinajstić information content (AvgIpc) is 2.57. The van der Waals surface area contributed by atoms with Gasteiger partial charge in [-0.3, -0.25) is 4.79 Å². The summed E-state index contributed by atoms with van der Waals surface area (Å²) in [5.74, 6) is -0.829. The molecule has 0 aromatic heterocycles. The lowest BCUT2D eigenvalue weighted by atomic mass is 10.0. The lowest BCUT2D eigenvalue weighted by Gasteiger charge is -2.05. The largest absolute Gasteiger partial charge is 0.481 e. The summed E-state index contributed by atoms with van der Waals surface area (Å²) in [5.41, 5.74) is 0. The molecule has 142 valence electrons. The minimum absolute atomic E-state index is 0.175. The van der Waals surface area contributed by atoms with Crippen LogP contribution in [0.15, 0.2) is 12.2 Å². The molecule has 0 rings (SSSR count). The third-order valence-electron chi connectivity index (χ3n) is 4.82. The van der Waals surface area contributed by atoms with Crippen LogP contribution < -0.4 is 0 Å². The van der Waals surface area contributed by atoms with Gasteiger partial charge in [0.25, 0.3) is 0 Å². The van der Waals surface area contributed by atoms with Gasteiger partial charge in [-0.1, -0.05) is 96.6 Å². The van der Waals surface area contributed by atoms with Gasteiger partial charge in [-0.15, -0.1) is 0 Å². The van der Waals surface area contributed by atoms with Gasteiger partial charge in [0, 0.05) is 0 Å². The molecule has 0 bridgehead atoms. The zero-order valence-electron chi connectivity index (χ0n) is 16.4. The molecule has 0 radical (unpaired) electrons. The van der Waals surface area contributed by atoms with E-state index in [0.29, 0.717) is 0 Å². The SMILES string of the molecule is CCCCCCCCCC=CCCCCCCCCC(C)C(=O)O. The van der Waals surface area contributed by atoms with E-state index < -0.39 is 5.97 Å². The molecule has 0 aromatic rings. The summed E-state index contributed by atoms with van der Waals surface area (Å²) in [6, 6.07) is 0. The van der Waals surface area contributed by atoms with Crippen molar-refractivity contribution in [3.8, 4) is 0 Å². The van der Waals surface area contributed by atoms with E-state index in [-0.39, 0.29) is 5.92 Å². The van der Waals surface area contributed by atoms with E-state index in [1.54, 1.807) is 6.92 Å². The van der Waals surface area contributed by atoms with Gasteiger partial charge in [0.2, 0.25) is 0 Å². The predicted octanol–water partition coefficient (Wildman–Crippen LogP) is 7.52. The smallest absolute Gasteiger partial charge is 0.306 e. The molecule has 0 aliphatic carbocycles. The van der Waals surface area contributed by atoms with E-state index >= 15 is 0 Å². The Morgan fingerprint density at radius 2 is 1.17 bits per heavy atom. The fourth-order valence-corrected chi connectivity index (χ4v) is 3.00. The van der Waals surface area contributed by atoms with Gasteiger partial charge in [0.15, 0.2) is 0 Å². The van der Waals surface area contributed by atoms with Crippen LogP contribution in [0.3, 0.4) is 0 Å². The standard InChI is InChI=1S/C22H42O2/c1-3-4-5-6-7-8-9-10-11-12-13-14-15-16-17-18-19-20-21(2)22(23)24/h11-12,21H,3-10,13-20H2,1-2H3,(H,23,24). The quantitative estimate of drug-likeness (QED) is 0.207. The number of allylic oxidation sites excluding steroid dienone is 2. The monoisotopic (exact) mass is 338 g/mol. The molecule has 1 unspecified atom stereocenters. The second-order valence-corrected chi connectivity index (χ2v) is 7.32. The Morgan fingerprint density at radius 3 is 1.62 bits per heavy atom. The van der Waals surface area contributed by atoms with Crippen LogP contribution >= 0.6 is 0 Å². The predicted molar refractivity (Wildman–Crippen MR) is 105 cm³/mol. The van der Waals surface area contributed by atoms with Crippen LogP contribution in [0.25, 0.3) is 0 Å². The van der Waals surface area contributed by atoms with E-state index in [4.69, 9.17) is 5.11 Å². The summed E-state index contributed by atoms with van der Waals surface area (Å²) < 4.78 is 0. The summed E-state index contributed by atoms with van der Waals surface area (Å²) >= 11 is 0. The van der Waals surface area contributed by atoms with Crippen molar-refractivity contribution in [1.29, 1.82) is 0 Å². The molecule has 0 spiro atoms. The van der Waals surface area contributed by atoms with E-state index in [2.05, 4.69) is 19.1 Å². The number of hydrogen-bond donors (Lipinski definition) is 1. The van der Waals surface area contributed by atoms with Crippen molar-refractivity contribution in [3.63, 3.8) is 0 Å². The first-order chi connectivity index (χ1) is 11.7. The average molecular weight is 339 g/mol. The van der Waals surface area contributed by atoms with E-state index in [9.17, 15) is 4.79 Å². The molecular weight excluding hydrogens is 296 g/mol. The van der Waals surface area contributed by atoms with Crippen LogP contribution in [0.2, 0.25) is 0 Å². The van der Waals surface area contributed by atoms with Crippen molar-refractivity contribution < 1.29 is 9.90 Å². The number of unbranched alkanes of at least 4 members (excludes halogenated alkanes) is 13. The third-order valence-corrected chi connectivity index (χ3v) is 4.82. The Labute approximate surface area is 151 Å². The number of carboxylic acid groups (broad SMARTS) is 1. The molecule has 2 nitrogen and oxygen atoms in total. The van der Waals surface area contributed by atoms with Crippen molar-refractivity contribution in [3.05, 3.63) is 12.2 Å². The summed E-state index contributed by atoms with van der Waals surface area (Å²) in [7, 11) is 0. The summed E-state index contributed by atoms with van der Waals surface area (Å²) in [6.07, 6.45) is 25.2. The first kappa shape index (κ1) is 23.2. The van der Waals surface area contributed by atoms with Gasteiger partial charge in [0.05, 0.1) is 5.92 Å². The maximum atomic E-state index is 10.7. The summed E-state index contributed by atoms with van der Waals surface area (Å²) in [4.78, 5) is 10.7. The van der Waals surface area contributed by atoms with Crippen LogP contribution in [0.4, 0.5) is 0 Å². The highest BCUT2D eigenvalue weighted by Crippen LogP contribution is 2.13. The minimum atomic E-state index is -0.654. The molecule has 0 aromatic carbocycles. The highest BCUT2D eigenvalue weighted by molar-refractivity contribution is 5.69. The van der Waals surface area contributed by atoms with Crippen molar-refractivity contribution in [2.75, 3.05) is 0 Å². The number of carboxylic acids is 1. The molecule has 1 atom stereocenters. The van der Waals surface area contributed by atoms with Gasteiger partial charge < -0.3 is 5.11 Å². The van der Waals surface area contributed by atoms with Crippen molar-refractivity contribution in [2.45, 2.75) is 117 Å². The molecule has 0 fully saturated rings. The molecule has 24 heavy (non-hydrogen) atoms. The Bertz CT molecular complexity index is 296. The summed E-state index contributed by atoms with van der Waals surface area (Å²) in [6.45, 7) is 4.08. The zero-order chi connectivity index (χ0) is 17.9. The maximum Gasteiger partial charge on any atom is 0.306 e. The zero-order valence-corrected chi connectivity index (χ0v) is 16.4. The van der Waals surface area contributed by atoms with Crippen molar-refractivity contribution >= 4 is 5.97 Å². The highest BCUT2D eigenvalue weighted by Gasteiger charge is 2.09. The number of rotatable bonds is 18. The highest BCUT2D eigenvalue weighted by atomic mass is 16.4. The molecule has 0 aliphatic heterocycles. The second kappa shape index (κ2) is 18.5. The topological polar surface area (TPSA) is 37.3 Å².